The van der Waals surface area contributed by atoms with Gasteiger partial charge in [-0.2, -0.15) is 0 Å². The lowest BCUT2D eigenvalue weighted by Gasteiger charge is -2.23. The normalized spacial score (nSPS) is 14.5. The van der Waals surface area contributed by atoms with Gasteiger partial charge in [0.1, 0.15) is 27.6 Å². The molecule has 0 atom stereocenters. The Labute approximate surface area is 638 Å². The van der Waals surface area contributed by atoms with Crippen LogP contribution in [0.4, 0.5) is 22.7 Å². The highest BCUT2D eigenvalue weighted by atomic mass is 35.5. The Morgan fingerprint density at radius 1 is 0.396 bits per heavy atom. The SMILES string of the molecule is O=C(NC1CCCCC1)c1ccc2c3c(onc13)-c1ccccc1C2=O.O=C1c2ccccc2-c2onc3c(Cl)cc(N4CC4)c1c23.O=C1c2ccccc2-c2onc3ccc(N4CC4)c1c23.O=C1c2ccccc2-c2onc3ccc(Nc4ccc(Cl)cc4)c1c23.O=Cc1ccc2c3c(onc13)-c1ccccc1C2=O. The number of aromatic nitrogens is 5. The molecular formula is C88H55Cl2N9O12. The minimum Gasteiger partial charge on any atom is -0.367 e. The summed E-state index contributed by atoms with van der Waals surface area (Å²) in [5, 5.41) is 31.6. The third kappa shape index (κ3) is 10.9. The van der Waals surface area contributed by atoms with Crippen LogP contribution in [0.1, 0.15) is 132 Å². The Morgan fingerprint density at radius 2 is 0.820 bits per heavy atom. The van der Waals surface area contributed by atoms with E-state index in [0.29, 0.717) is 133 Å². The molecule has 0 bridgehead atoms. The van der Waals surface area contributed by atoms with Gasteiger partial charge in [-0.25, -0.2) is 0 Å². The smallest absolute Gasteiger partial charge is 0.253 e. The quantitative estimate of drug-likeness (QED) is 0.111. The second kappa shape index (κ2) is 26.3. The molecule has 11 aromatic carbocycles. The highest BCUT2D eigenvalue weighted by molar-refractivity contribution is 6.39. The maximum Gasteiger partial charge on any atom is 0.253 e. The lowest BCUT2D eigenvalue weighted by Crippen LogP contribution is -2.36. The largest absolute Gasteiger partial charge is 0.367 e. The Balaban J connectivity index is 0.0000000910. The minimum absolute atomic E-state index is 0.0184. The van der Waals surface area contributed by atoms with Crippen molar-refractivity contribution in [3.8, 4) is 56.6 Å². The van der Waals surface area contributed by atoms with E-state index in [-0.39, 0.29) is 40.9 Å². The third-order valence-corrected chi connectivity index (χ3v) is 22.1. The third-order valence-electron chi connectivity index (χ3n) is 21.5. The highest BCUT2D eigenvalue weighted by Crippen LogP contribution is 2.50. The van der Waals surface area contributed by atoms with Crippen LogP contribution in [0.5, 0.6) is 0 Å². The van der Waals surface area contributed by atoms with Crippen LogP contribution in [-0.2, 0) is 0 Å². The van der Waals surface area contributed by atoms with Gasteiger partial charge >= 0.3 is 0 Å². The number of amides is 1. The molecule has 0 spiro atoms. The summed E-state index contributed by atoms with van der Waals surface area (Å²) in [6, 6.07) is 60.7. The van der Waals surface area contributed by atoms with Gasteiger partial charge in [-0.3, -0.25) is 33.6 Å². The molecule has 8 aliphatic rings. The van der Waals surface area contributed by atoms with Crippen molar-refractivity contribution < 1.29 is 56.2 Å². The number of fused-ring (bicyclic) bond motifs is 10. The predicted molar refractivity (Wildman–Crippen MR) is 418 cm³/mol. The molecule has 2 aliphatic heterocycles. The van der Waals surface area contributed by atoms with Crippen molar-refractivity contribution in [2.75, 3.05) is 41.3 Å². The lowest BCUT2D eigenvalue weighted by atomic mass is 9.87. The first-order chi connectivity index (χ1) is 54.4. The summed E-state index contributed by atoms with van der Waals surface area (Å²) < 4.78 is 27.5. The van der Waals surface area contributed by atoms with E-state index in [1.165, 1.54) is 6.42 Å². The summed E-state index contributed by atoms with van der Waals surface area (Å²) in [5.74, 6) is 2.92. The van der Waals surface area contributed by atoms with Crippen molar-refractivity contribution in [2.45, 2.75) is 38.1 Å². The van der Waals surface area contributed by atoms with Gasteiger partial charge in [-0.15, -0.1) is 0 Å². The van der Waals surface area contributed by atoms with Crippen LogP contribution in [0.2, 0.25) is 10.0 Å². The van der Waals surface area contributed by atoms with Gasteiger partial charge in [0.05, 0.1) is 65.6 Å². The summed E-state index contributed by atoms with van der Waals surface area (Å²) in [5.41, 5.74) is 17.4. The number of carbonyl (C=O) groups excluding carboxylic acids is 7. The molecule has 24 rings (SSSR count). The monoisotopic (exact) mass is 1500 g/mol. The molecule has 7 heterocycles. The number of nitrogens with zero attached hydrogens (tertiary/aromatic N) is 7. The van der Waals surface area contributed by atoms with Crippen LogP contribution in [-0.4, -0.2) is 99.1 Å². The summed E-state index contributed by atoms with van der Waals surface area (Å²) in [6.45, 7) is 3.91. The van der Waals surface area contributed by atoms with E-state index in [0.717, 1.165) is 136 Å². The van der Waals surface area contributed by atoms with Gasteiger partial charge in [0, 0.05) is 121 Å². The average molecular weight is 1500 g/mol. The van der Waals surface area contributed by atoms with Crippen LogP contribution in [0.3, 0.4) is 0 Å². The van der Waals surface area contributed by atoms with Gasteiger partial charge in [0.2, 0.25) is 0 Å². The number of anilines is 4. The number of benzene rings is 11. The number of ketones is 5. The number of aldehydes is 1. The molecule has 16 aromatic rings. The van der Waals surface area contributed by atoms with Gasteiger partial charge < -0.3 is 43.0 Å². The summed E-state index contributed by atoms with van der Waals surface area (Å²) in [4.78, 5) is 92.3. The number of hydrogen-bond acceptors (Lipinski definition) is 20. The Morgan fingerprint density at radius 3 is 1.35 bits per heavy atom. The standard InChI is InChI=1S/C21H18N2O3.C20H11ClN2O2.C16H9ClN2O2.C16H10N2O2.C15H7NO3/c24-19-13-8-4-5-9-14(13)20-17-15(19)10-11-16(18(17)23-26-20)21(25)22-12-6-2-1-3-7-12;21-11-5-7-12(8-6-11)22-15-9-10-16-18-17(15)19(24)13-3-1-2-4-14(13)20(18)25-23-16;17-10-7-11(19-5-6-19)12-13-14(10)18-21-16(13)9-4-2-1-3-8(9)15(12)20;19-15-9-3-1-2-4-10(9)16-13-11(17-20-16)5-6-12(14(13)15)18-7-8-18;17-7-8-5-6-11-12-13(8)16-19-15(12)10-4-2-1-3-9(10)14(11)18/h4-5,8-12H,1-3,6-7H2,(H,22,25);1-10,22H;1-4,7H,5-6H2;1-6H,7-8H2;1-7H. The molecule has 1 saturated carbocycles. The Hall–Kier alpha value is -13.8. The lowest BCUT2D eigenvalue weighted by molar-refractivity contribution is 0.0926. The van der Waals surface area contributed by atoms with E-state index in [2.05, 4.69) is 46.2 Å². The van der Waals surface area contributed by atoms with Crippen LogP contribution in [0, 0.1) is 0 Å². The van der Waals surface area contributed by atoms with Crippen molar-refractivity contribution >= 4 is 142 Å². The number of rotatable bonds is 7. The zero-order valence-electron chi connectivity index (χ0n) is 58.4. The van der Waals surface area contributed by atoms with E-state index in [1.54, 1.807) is 48.5 Å². The fourth-order valence-corrected chi connectivity index (χ4v) is 16.4. The van der Waals surface area contributed by atoms with Gasteiger partial charge in [0.25, 0.3) is 5.91 Å². The molecule has 2 N–H and O–H groups in total. The van der Waals surface area contributed by atoms with Crippen molar-refractivity contribution in [2.24, 2.45) is 0 Å². The molecule has 3 fully saturated rings. The molecule has 0 unspecified atom stereocenters. The fourth-order valence-electron chi connectivity index (χ4n) is 16.0. The van der Waals surface area contributed by atoms with E-state index >= 15 is 0 Å². The summed E-state index contributed by atoms with van der Waals surface area (Å²) >= 11 is 12.3. The number of halogens is 2. The first-order valence-electron chi connectivity index (χ1n) is 36.2. The number of nitrogens with one attached hydrogen (secondary N) is 2. The van der Waals surface area contributed by atoms with Crippen LogP contribution in [0.25, 0.3) is 111 Å². The summed E-state index contributed by atoms with van der Waals surface area (Å²) in [6.07, 6.45) is 6.29. The van der Waals surface area contributed by atoms with Crippen LogP contribution < -0.4 is 20.4 Å². The molecule has 2 saturated heterocycles. The van der Waals surface area contributed by atoms with Gasteiger partial charge in [0.15, 0.2) is 64.0 Å². The molecule has 111 heavy (non-hydrogen) atoms. The molecule has 21 nitrogen and oxygen atoms in total. The number of carbonyl (C=O) groups is 7. The zero-order chi connectivity index (χ0) is 75.0. The highest BCUT2D eigenvalue weighted by Gasteiger charge is 2.39. The molecular weight excluding hydrogens is 1450 g/mol. The molecule has 6 aliphatic carbocycles. The van der Waals surface area contributed by atoms with Crippen molar-refractivity contribution in [1.82, 2.24) is 31.1 Å². The second-order valence-corrected chi connectivity index (χ2v) is 28.8. The minimum atomic E-state index is -0.144. The molecule has 23 heteroatoms. The maximum atomic E-state index is 13.1. The molecule has 1 amide bonds. The molecule has 5 aromatic heterocycles. The van der Waals surface area contributed by atoms with Crippen molar-refractivity contribution in [3.63, 3.8) is 0 Å². The van der Waals surface area contributed by atoms with Crippen LogP contribution in [0.15, 0.2) is 223 Å². The number of hydrogen-bond donors (Lipinski definition) is 2. The molecule has 538 valence electrons. The fraction of sp³-hybridized carbons (Fsp3) is 0.114. The average Bonchev–Trinajstić information content (AvgIpc) is 1.60. The second-order valence-electron chi connectivity index (χ2n) is 28.0. The van der Waals surface area contributed by atoms with E-state index in [4.69, 9.17) is 45.8 Å². The first-order valence-corrected chi connectivity index (χ1v) is 36.9. The van der Waals surface area contributed by atoms with E-state index in [9.17, 15) is 33.6 Å². The van der Waals surface area contributed by atoms with Gasteiger partial charge in [-0.05, 0) is 91.7 Å². The van der Waals surface area contributed by atoms with Crippen LogP contribution >= 0.6 is 23.2 Å². The predicted octanol–water partition coefficient (Wildman–Crippen LogP) is 18.8. The maximum absolute atomic E-state index is 13.1. The Bertz CT molecular complexity index is 6750. The molecule has 0 radical (unpaired) electrons. The van der Waals surface area contributed by atoms with Gasteiger partial charge in [-0.1, -0.05) is 190 Å². The van der Waals surface area contributed by atoms with Crippen molar-refractivity contribution in [1.29, 1.82) is 0 Å². The van der Waals surface area contributed by atoms with E-state index < -0.39 is 0 Å². The Kier molecular flexibility index (Phi) is 15.8. The van der Waals surface area contributed by atoms with Crippen molar-refractivity contribution in [3.05, 3.63) is 277 Å². The first kappa shape index (κ1) is 66.7. The zero-order valence-corrected chi connectivity index (χ0v) is 59.9. The summed E-state index contributed by atoms with van der Waals surface area (Å²) in [7, 11) is 0. The van der Waals surface area contributed by atoms with E-state index in [1.807, 2.05) is 152 Å². The topological polar surface area (TPSA) is 280 Å².